The maximum atomic E-state index is 9.58. The fourth-order valence-electron chi connectivity index (χ4n) is 7.34. The fourth-order valence-corrected chi connectivity index (χ4v) is 8.53. The smallest absolute Gasteiger partial charge is 0.228 e. The summed E-state index contributed by atoms with van der Waals surface area (Å²) in [6, 6.07) is 1.82. The van der Waals surface area contributed by atoms with Crippen molar-refractivity contribution in [3.8, 4) is 0 Å². The molecule has 2 fully saturated rings. The molecule has 2 N–H and O–H groups in total. The number of nitrogens with zero attached hydrogens (tertiary/aromatic N) is 4. The maximum absolute atomic E-state index is 9.58. The van der Waals surface area contributed by atoms with Crippen LogP contribution in [0.1, 0.15) is 62.9 Å². The van der Waals surface area contributed by atoms with E-state index in [4.69, 9.17) is 4.98 Å². The summed E-state index contributed by atoms with van der Waals surface area (Å²) in [5, 5.41) is 17.5. The van der Waals surface area contributed by atoms with E-state index in [1.54, 1.807) is 23.7 Å². The van der Waals surface area contributed by atoms with Crippen LogP contribution in [0.4, 0.5) is 11.1 Å². The van der Waals surface area contributed by atoms with E-state index in [0.717, 1.165) is 36.5 Å². The maximum Gasteiger partial charge on any atom is 0.228 e. The number of fused-ring (bicyclic) bond motifs is 7. The predicted molar refractivity (Wildman–Crippen MR) is 123 cm³/mol. The molecule has 0 radical (unpaired) electrons. The lowest BCUT2D eigenvalue weighted by Gasteiger charge is -2.56. The molecule has 6 rings (SSSR count). The number of aromatic nitrogens is 3. The van der Waals surface area contributed by atoms with Gasteiger partial charge < -0.3 is 10.5 Å². The molecule has 2 saturated carbocycles. The largest absolute Gasteiger partial charge is 0.411 e. The highest BCUT2D eigenvalue weighted by Gasteiger charge is 2.58. The number of oxime groups is 1. The quantitative estimate of drug-likeness (QED) is 0.468. The number of aryl methyl sites for hydroxylation is 1. The van der Waals surface area contributed by atoms with E-state index in [-0.39, 0.29) is 10.8 Å². The Morgan fingerprint density at radius 3 is 2.71 bits per heavy atom. The van der Waals surface area contributed by atoms with E-state index in [0.29, 0.717) is 23.7 Å². The first-order chi connectivity index (χ1) is 15.0. The summed E-state index contributed by atoms with van der Waals surface area (Å²) in [4.78, 5) is 14.8. The van der Waals surface area contributed by atoms with E-state index in [2.05, 4.69) is 40.4 Å². The normalized spacial score (nSPS) is 37.4. The molecule has 31 heavy (non-hydrogen) atoms. The lowest BCUT2D eigenvalue weighted by atomic mass is 9.48. The van der Waals surface area contributed by atoms with Gasteiger partial charge in [-0.25, -0.2) is 15.0 Å². The minimum atomic E-state index is 0.0920. The van der Waals surface area contributed by atoms with Gasteiger partial charge in [-0.3, -0.25) is 0 Å². The highest BCUT2D eigenvalue weighted by atomic mass is 32.1. The number of rotatable bonds is 2. The Labute approximate surface area is 186 Å². The zero-order valence-corrected chi connectivity index (χ0v) is 19.0. The van der Waals surface area contributed by atoms with Crippen LogP contribution in [-0.4, -0.2) is 25.9 Å². The number of hydrogen-bond donors (Lipinski definition) is 2. The second kappa shape index (κ2) is 6.86. The third-order valence-corrected chi connectivity index (χ3v) is 9.98. The monoisotopic (exact) mass is 435 g/mol. The molecule has 0 amide bonds. The van der Waals surface area contributed by atoms with E-state index in [1.807, 2.05) is 6.07 Å². The van der Waals surface area contributed by atoms with Gasteiger partial charge in [-0.1, -0.05) is 36.4 Å². The second-order valence-electron chi connectivity index (χ2n) is 10.2. The van der Waals surface area contributed by atoms with Gasteiger partial charge in [0.25, 0.3) is 0 Å². The number of allylic oxidation sites excluding steroid dienone is 2. The molecule has 4 aliphatic rings. The minimum absolute atomic E-state index is 0.0920. The Kier molecular flexibility index (Phi) is 4.29. The molecule has 2 aromatic rings. The summed E-state index contributed by atoms with van der Waals surface area (Å²) < 4.78 is 0. The van der Waals surface area contributed by atoms with Crippen molar-refractivity contribution in [3.63, 3.8) is 0 Å². The minimum Gasteiger partial charge on any atom is -0.411 e. The van der Waals surface area contributed by atoms with Crippen LogP contribution in [-0.2, 0) is 6.42 Å². The van der Waals surface area contributed by atoms with E-state index in [1.165, 1.54) is 35.4 Å². The van der Waals surface area contributed by atoms with Gasteiger partial charge >= 0.3 is 0 Å². The molecule has 0 aliphatic heterocycles. The van der Waals surface area contributed by atoms with Crippen molar-refractivity contribution in [1.82, 2.24) is 15.0 Å². The topological polar surface area (TPSA) is 83.3 Å². The molecule has 7 heteroatoms. The average molecular weight is 436 g/mol. The zero-order valence-electron chi connectivity index (χ0n) is 18.1. The first kappa shape index (κ1) is 19.4. The van der Waals surface area contributed by atoms with E-state index in [9.17, 15) is 5.21 Å². The van der Waals surface area contributed by atoms with Crippen molar-refractivity contribution in [2.45, 2.75) is 58.8 Å². The van der Waals surface area contributed by atoms with Gasteiger partial charge in [-0.05, 0) is 79.8 Å². The summed E-state index contributed by atoms with van der Waals surface area (Å²) in [6.07, 6.45) is 13.9. The highest BCUT2D eigenvalue weighted by molar-refractivity contribution is 7.16. The third-order valence-electron chi connectivity index (χ3n) is 8.93. The molecule has 0 saturated heterocycles. The molecule has 0 unspecified atom stereocenters. The van der Waals surface area contributed by atoms with Gasteiger partial charge in [0, 0.05) is 17.8 Å². The van der Waals surface area contributed by atoms with Crippen molar-refractivity contribution in [1.29, 1.82) is 0 Å². The van der Waals surface area contributed by atoms with Gasteiger partial charge in [-0.2, -0.15) is 0 Å². The molecule has 0 bridgehead atoms. The highest BCUT2D eigenvalue weighted by Crippen LogP contribution is 2.65. The molecule has 6 nitrogen and oxygen atoms in total. The van der Waals surface area contributed by atoms with Crippen LogP contribution in [0.25, 0.3) is 5.57 Å². The van der Waals surface area contributed by atoms with Gasteiger partial charge in [0.1, 0.15) is 0 Å². The summed E-state index contributed by atoms with van der Waals surface area (Å²) in [5.41, 5.74) is 4.09. The Morgan fingerprint density at radius 1 is 1.10 bits per heavy atom. The Bertz CT molecular complexity index is 1080. The lowest BCUT2D eigenvalue weighted by Crippen LogP contribution is -2.49. The molecule has 162 valence electrons. The van der Waals surface area contributed by atoms with Crippen LogP contribution >= 0.6 is 11.3 Å². The molecule has 0 aromatic carbocycles. The number of nitrogens with one attached hydrogen (secondary N) is 1. The lowest BCUT2D eigenvalue weighted by molar-refractivity contribution is 0.0110. The summed E-state index contributed by atoms with van der Waals surface area (Å²) in [5.74, 6) is 2.63. The second-order valence-corrected chi connectivity index (χ2v) is 11.2. The first-order valence-corrected chi connectivity index (χ1v) is 12.3. The predicted octanol–water partition coefficient (Wildman–Crippen LogP) is 5.69. The SMILES string of the molecule is C[C@]12CCc3nc(Nc4ncccn4)sc3C1=CC[C@@H]1[C@@H]2CC[C@]2(C)/C(=N/O)CC[C@@H]12. The van der Waals surface area contributed by atoms with E-state index >= 15 is 0 Å². The van der Waals surface area contributed by atoms with E-state index < -0.39 is 0 Å². The van der Waals surface area contributed by atoms with Crippen LogP contribution in [0.15, 0.2) is 29.7 Å². The fraction of sp³-hybridized carbons (Fsp3) is 0.583. The molecular weight excluding hydrogens is 406 g/mol. The van der Waals surface area contributed by atoms with Crippen molar-refractivity contribution in [2.24, 2.45) is 33.7 Å². The molecule has 2 heterocycles. The molecule has 4 aliphatic carbocycles. The van der Waals surface area contributed by atoms with Crippen LogP contribution < -0.4 is 5.32 Å². The van der Waals surface area contributed by atoms with Gasteiger partial charge in [-0.15, -0.1) is 0 Å². The van der Waals surface area contributed by atoms with Crippen LogP contribution in [0.2, 0.25) is 0 Å². The summed E-state index contributed by atoms with van der Waals surface area (Å²) in [7, 11) is 0. The zero-order chi connectivity index (χ0) is 21.2. The third kappa shape index (κ3) is 2.75. The Balaban J connectivity index is 1.34. The molecule has 2 aromatic heterocycles. The average Bonchev–Trinajstić information content (AvgIpc) is 3.33. The Morgan fingerprint density at radius 2 is 1.90 bits per heavy atom. The summed E-state index contributed by atoms with van der Waals surface area (Å²) in [6.45, 7) is 4.85. The van der Waals surface area contributed by atoms with Gasteiger partial charge in [0.05, 0.1) is 16.3 Å². The standard InChI is InChI=1S/C24H29N5OS/c1-23-11-9-18-20(31-22(27-18)28-21-25-12-3-13-26-21)17(23)5-4-14-15-6-7-19(29-30)24(15,2)10-8-16(14)23/h3,5,12-16,30H,4,6-11H2,1-2H3,(H,25,26,27,28)/b29-19+/t14-,15-,16-,23+,24-/m0/s1. The van der Waals surface area contributed by atoms with Crippen molar-refractivity contribution in [3.05, 3.63) is 35.1 Å². The number of hydrogen-bond acceptors (Lipinski definition) is 7. The molecule has 5 atom stereocenters. The van der Waals surface area contributed by atoms with Crippen LogP contribution in [0.5, 0.6) is 0 Å². The molecular formula is C24H29N5OS. The Hall–Kier alpha value is -2.28. The van der Waals surface area contributed by atoms with Crippen LogP contribution in [0.3, 0.4) is 0 Å². The van der Waals surface area contributed by atoms with Crippen molar-refractivity contribution in [2.75, 3.05) is 5.32 Å². The number of anilines is 2. The number of thiazole rings is 1. The van der Waals surface area contributed by atoms with Crippen LogP contribution in [0, 0.1) is 28.6 Å². The molecule has 0 spiro atoms. The van der Waals surface area contributed by atoms with Gasteiger partial charge in [0.2, 0.25) is 5.95 Å². The van der Waals surface area contributed by atoms with Crippen molar-refractivity contribution >= 4 is 33.7 Å². The van der Waals surface area contributed by atoms with Crippen molar-refractivity contribution < 1.29 is 5.21 Å². The summed E-state index contributed by atoms with van der Waals surface area (Å²) >= 11 is 1.75. The van der Waals surface area contributed by atoms with Gasteiger partial charge in [0.15, 0.2) is 5.13 Å². The first-order valence-electron chi connectivity index (χ1n) is 11.5.